The lowest BCUT2D eigenvalue weighted by Gasteiger charge is -2.20. The molecule has 5 N–H and O–H groups in total. The van der Waals surface area contributed by atoms with Crippen molar-refractivity contribution in [2.24, 2.45) is 27.2 Å². The maximum Gasteiger partial charge on any atom is 0.291 e. The van der Waals surface area contributed by atoms with E-state index in [1.807, 2.05) is 0 Å². The predicted molar refractivity (Wildman–Crippen MR) is 126 cm³/mol. The molecule has 0 unspecified atom stereocenters. The van der Waals surface area contributed by atoms with Crippen molar-refractivity contribution in [3.05, 3.63) is 82.7 Å². The number of sulfonamides is 1. The third-order valence-electron chi connectivity index (χ3n) is 4.57. The molecule has 1 amide bonds. The summed E-state index contributed by atoms with van der Waals surface area (Å²) in [5.41, 5.74) is 9.86. The van der Waals surface area contributed by atoms with Crippen LogP contribution in [0.25, 0.3) is 27.3 Å². The first kappa shape index (κ1) is 24.2. The van der Waals surface area contributed by atoms with Gasteiger partial charge in [-0.2, -0.15) is 8.42 Å². The van der Waals surface area contributed by atoms with Crippen molar-refractivity contribution in [3.8, 4) is 0 Å². The van der Waals surface area contributed by atoms with Gasteiger partial charge in [-0.15, -0.1) is 5.90 Å². The van der Waals surface area contributed by atoms with Crippen LogP contribution in [-0.2, 0) is 19.8 Å². The van der Waals surface area contributed by atoms with Crippen molar-refractivity contribution in [2.45, 2.75) is 4.90 Å². The predicted octanol–water partition coefficient (Wildman–Crippen LogP) is 3.39. The highest BCUT2D eigenvalue weighted by atomic mass is 32.2. The molecule has 13 nitrogen and oxygen atoms in total. The van der Waals surface area contributed by atoms with Gasteiger partial charge in [-0.1, -0.05) is 46.6 Å². The van der Waals surface area contributed by atoms with Gasteiger partial charge >= 0.3 is 0 Å². The highest BCUT2D eigenvalue weighted by Gasteiger charge is 2.24. The summed E-state index contributed by atoms with van der Waals surface area (Å²) < 4.78 is 27.3. The van der Waals surface area contributed by atoms with Crippen molar-refractivity contribution >= 4 is 44.2 Å². The van der Waals surface area contributed by atoms with Gasteiger partial charge in [0.15, 0.2) is 0 Å². The van der Waals surface area contributed by atoms with Crippen molar-refractivity contribution in [3.63, 3.8) is 0 Å². The number of azide groups is 1. The lowest BCUT2D eigenvalue weighted by molar-refractivity contribution is -0.114. The maximum atomic E-state index is 13.3. The topological polar surface area (TPSA) is 201 Å². The minimum Gasteiger partial charge on any atom is -0.379 e. The van der Waals surface area contributed by atoms with E-state index in [2.05, 4.69) is 36.6 Å². The smallest absolute Gasteiger partial charge is 0.291 e. The number of nitrogens with one attached hydrogen (secondary N) is 1. The zero-order valence-corrected chi connectivity index (χ0v) is 18.3. The van der Waals surface area contributed by atoms with Gasteiger partial charge < -0.3 is 5.32 Å². The quantitative estimate of drug-likeness (QED) is 0.104. The Labute approximate surface area is 193 Å². The van der Waals surface area contributed by atoms with E-state index >= 15 is 0 Å². The van der Waals surface area contributed by atoms with E-state index in [4.69, 9.17) is 11.4 Å². The average Bonchev–Trinajstić information content (AvgIpc) is 2.86. The lowest BCUT2D eigenvalue weighted by Crippen LogP contribution is -2.37. The fraction of sp³-hybridized carbons (Fsp3) is 0.0500. The van der Waals surface area contributed by atoms with Crippen LogP contribution >= 0.6 is 0 Å². The number of hydrazine groups is 1. The second-order valence-electron chi connectivity index (χ2n) is 6.57. The van der Waals surface area contributed by atoms with Gasteiger partial charge in [0.1, 0.15) is 0 Å². The normalized spacial score (nSPS) is 11.5. The number of nitrogens with zero attached hydrogens (tertiary/aromatic N) is 6. The minimum atomic E-state index is -4.13. The molecule has 0 aliphatic carbocycles. The molecule has 0 bridgehead atoms. The summed E-state index contributed by atoms with van der Waals surface area (Å²) in [4.78, 5) is 18.0. The van der Waals surface area contributed by atoms with Gasteiger partial charge in [0.25, 0.3) is 15.9 Å². The summed E-state index contributed by atoms with van der Waals surface area (Å²) in [6.45, 7) is 0.00561. The van der Waals surface area contributed by atoms with E-state index < -0.39 is 15.9 Å². The van der Waals surface area contributed by atoms with Crippen LogP contribution in [0.5, 0.6) is 0 Å². The van der Waals surface area contributed by atoms with Crippen LogP contribution in [-0.4, -0.2) is 21.0 Å². The number of anilines is 2. The van der Waals surface area contributed by atoms with E-state index in [0.29, 0.717) is 26.4 Å². The molecule has 0 aromatic heterocycles. The first-order valence-electron chi connectivity index (χ1n) is 9.54. The third-order valence-corrected chi connectivity index (χ3v) is 6.22. The van der Waals surface area contributed by atoms with Gasteiger partial charge in [0, 0.05) is 27.4 Å². The van der Waals surface area contributed by atoms with Crippen LogP contribution in [0.2, 0.25) is 0 Å². The second kappa shape index (κ2) is 10.9. The van der Waals surface area contributed by atoms with E-state index in [-0.39, 0.29) is 17.3 Å². The maximum absolute atomic E-state index is 13.3. The average molecular weight is 481 g/mol. The monoisotopic (exact) mass is 481 g/mol. The molecule has 174 valence electrons. The van der Waals surface area contributed by atoms with Gasteiger partial charge in [-0.05, 0) is 41.4 Å². The zero-order valence-electron chi connectivity index (χ0n) is 17.5. The Balaban J connectivity index is 1.89. The molecule has 0 radical (unpaired) electrons. The Kier molecular flexibility index (Phi) is 7.74. The molecule has 3 aromatic carbocycles. The lowest BCUT2D eigenvalue weighted by atomic mass is 10.1. The Morgan fingerprint density at radius 1 is 1.12 bits per heavy atom. The molecule has 0 heterocycles. The van der Waals surface area contributed by atoms with Crippen LogP contribution < -0.4 is 21.5 Å². The minimum absolute atomic E-state index is 0.00184. The molecule has 3 aromatic rings. The molecule has 0 fully saturated rings. The zero-order chi connectivity index (χ0) is 24.6. The second-order valence-corrected chi connectivity index (χ2v) is 8.36. The number of hydrogen-bond acceptors (Lipinski definition) is 9. The standard InChI is InChI=1S/C20H19N9O4S/c21-27-25-13-24-18-5-1-4-17-16(18)3-2-6-19(17)34(31,32)29(22)15-10-7-14(8-11-15)9-12-20(30)26-28-33-23/h1-12,24H,13,22-23H2/b12-9+,28-26?. The number of benzene rings is 3. The fourth-order valence-corrected chi connectivity index (χ4v) is 4.37. The van der Waals surface area contributed by atoms with Gasteiger partial charge in [-0.25, -0.2) is 10.3 Å². The van der Waals surface area contributed by atoms with E-state index in [0.717, 1.165) is 6.08 Å². The summed E-state index contributed by atoms with van der Waals surface area (Å²) in [6.07, 6.45) is 2.59. The molecule has 3 rings (SSSR count). The fourth-order valence-electron chi connectivity index (χ4n) is 3.05. The SMILES string of the molecule is [N-]=[N+]=NCNc1cccc2c(S(=O)(=O)N(N)c3ccc(/C=C/C(=O)N=NON)cc3)cccc12. The Morgan fingerprint density at radius 2 is 1.82 bits per heavy atom. The summed E-state index contributed by atoms with van der Waals surface area (Å²) in [6, 6.07) is 16.0. The Hall–Kier alpha value is -4.49. The van der Waals surface area contributed by atoms with Crippen molar-refractivity contribution in [1.29, 1.82) is 0 Å². The van der Waals surface area contributed by atoms with Crippen molar-refractivity contribution < 1.29 is 18.2 Å². The summed E-state index contributed by atoms with van der Waals surface area (Å²) in [5, 5.41) is 13.5. The number of amides is 1. The molecule has 0 saturated heterocycles. The third kappa shape index (κ3) is 5.46. The number of carbonyl (C=O) groups is 1. The summed E-state index contributed by atoms with van der Waals surface area (Å²) in [5.74, 6) is 9.96. The van der Waals surface area contributed by atoms with Gasteiger partial charge in [0.05, 0.1) is 22.5 Å². The van der Waals surface area contributed by atoms with Crippen LogP contribution in [0.3, 0.4) is 0 Å². The molecule has 0 aliphatic heterocycles. The van der Waals surface area contributed by atoms with E-state index in [9.17, 15) is 13.2 Å². The molecule has 0 aliphatic rings. The highest BCUT2D eigenvalue weighted by Crippen LogP contribution is 2.31. The van der Waals surface area contributed by atoms with Crippen LogP contribution in [0.4, 0.5) is 11.4 Å². The number of nitrogens with two attached hydrogens (primary N) is 2. The van der Waals surface area contributed by atoms with Crippen LogP contribution in [0.15, 0.2) is 87.1 Å². The molecule has 0 saturated carbocycles. The Bertz CT molecular complexity index is 1400. The molecule has 0 atom stereocenters. The molecular weight excluding hydrogens is 462 g/mol. The summed E-state index contributed by atoms with van der Waals surface area (Å²) in [7, 11) is -4.13. The Morgan fingerprint density at radius 3 is 2.53 bits per heavy atom. The van der Waals surface area contributed by atoms with Crippen LogP contribution in [0, 0.1) is 0 Å². The van der Waals surface area contributed by atoms with Gasteiger partial charge in [-0.3, -0.25) is 9.73 Å². The van der Waals surface area contributed by atoms with E-state index in [1.54, 1.807) is 42.5 Å². The van der Waals surface area contributed by atoms with Crippen molar-refractivity contribution in [1.82, 2.24) is 0 Å². The highest BCUT2D eigenvalue weighted by molar-refractivity contribution is 7.93. The molecule has 14 heteroatoms. The van der Waals surface area contributed by atoms with Gasteiger partial charge in [0.2, 0.25) is 0 Å². The largest absolute Gasteiger partial charge is 0.379 e. The molecule has 0 spiro atoms. The molecule has 34 heavy (non-hydrogen) atoms. The van der Waals surface area contributed by atoms with Crippen LogP contribution in [0.1, 0.15) is 5.56 Å². The number of carbonyl (C=O) groups excluding carboxylic acids is 1. The number of fused-ring (bicyclic) bond motifs is 1. The summed E-state index contributed by atoms with van der Waals surface area (Å²) >= 11 is 0. The van der Waals surface area contributed by atoms with Crippen molar-refractivity contribution in [2.75, 3.05) is 16.4 Å². The number of hydrogen-bond donors (Lipinski definition) is 3. The first-order valence-corrected chi connectivity index (χ1v) is 11.0. The molecular formula is C20H19N9O4S. The number of rotatable bonds is 9. The first-order chi connectivity index (χ1) is 16.4. The van der Waals surface area contributed by atoms with E-state index in [1.165, 1.54) is 24.3 Å².